The van der Waals surface area contributed by atoms with Gasteiger partial charge >= 0.3 is 5.97 Å². The second-order valence-electron chi connectivity index (χ2n) is 7.55. The lowest BCUT2D eigenvalue weighted by Gasteiger charge is -2.21. The fraction of sp³-hybridized carbons (Fsp3) is 0.261. The fourth-order valence-corrected chi connectivity index (χ4v) is 5.32. The summed E-state index contributed by atoms with van der Waals surface area (Å²) in [4.78, 5) is 12.5. The van der Waals surface area contributed by atoms with Crippen LogP contribution in [0.1, 0.15) is 17.4 Å². The summed E-state index contributed by atoms with van der Waals surface area (Å²) < 4.78 is 39.3. The number of esters is 1. The second kappa shape index (κ2) is 8.51. The van der Waals surface area contributed by atoms with Crippen molar-refractivity contribution in [1.82, 2.24) is 3.97 Å². The van der Waals surface area contributed by atoms with Crippen molar-refractivity contribution in [2.75, 3.05) is 13.7 Å². The number of rotatable bonds is 6. The van der Waals surface area contributed by atoms with Crippen LogP contribution < -0.4 is 0 Å². The maximum atomic E-state index is 13.7. The van der Waals surface area contributed by atoms with E-state index in [-0.39, 0.29) is 16.2 Å². The van der Waals surface area contributed by atoms with Crippen LogP contribution in [0.2, 0.25) is 0 Å². The smallest absolute Gasteiger partial charge is 0.336 e. The van der Waals surface area contributed by atoms with Crippen molar-refractivity contribution in [3.8, 4) is 0 Å². The molecule has 2 aromatic carbocycles. The number of hydrogen-bond donors (Lipinski definition) is 2. The number of ether oxygens (including phenoxy) is 2. The number of aliphatic hydroxyl groups is 2. The van der Waals surface area contributed by atoms with Crippen LogP contribution in [0.4, 0.5) is 0 Å². The van der Waals surface area contributed by atoms with Crippen LogP contribution >= 0.6 is 0 Å². The van der Waals surface area contributed by atoms with Gasteiger partial charge < -0.3 is 19.7 Å². The zero-order valence-corrected chi connectivity index (χ0v) is 18.3. The summed E-state index contributed by atoms with van der Waals surface area (Å²) in [6.45, 7) is 1.27. The average Bonchev–Trinajstić information content (AvgIpc) is 3.40. The van der Waals surface area contributed by atoms with E-state index in [1.807, 2.05) is 6.92 Å². The Morgan fingerprint density at radius 3 is 2.53 bits per heavy atom. The predicted molar refractivity (Wildman–Crippen MR) is 117 cm³/mol. The molecule has 2 N–H and O–H groups in total. The summed E-state index contributed by atoms with van der Waals surface area (Å²) in [7, 11) is -2.86. The number of aryl methyl sites for hydroxylation is 1. The minimum absolute atomic E-state index is 0.0492. The Morgan fingerprint density at radius 2 is 1.88 bits per heavy atom. The minimum Gasteiger partial charge on any atom is -0.466 e. The largest absolute Gasteiger partial charge is 0.466 e. The van der Waals surface area contributed by atoms with Gasteiger partial charge in [-0.2, -0.15) is 0 Å². The Bertz CT molecular complexity index is 1290. The van der Waals surface area contributed by atoms with Crippen LogP contribution in [0.15, 0.2) is 71.1 Å². The zero-order valence-electron chi connectivity index (χ0n) is 17.5. The van der Waals surface area contributed by atoms with Crippen molar-refractivity contribution >= 4 is 26.9 Å². The summed E-state index contributed by atoms with van der Waals surface area (Å²) in [6, 6.07) is 15.0. The molecule has 2 heterocycles. The first kappa shape index (κ1) is 22.2. The van der Waals surface area contributed by atoms with Gasteiger partial charge in [-0.15, -0.1) is 0 Å². The molecule has 0 radical (unpaired) electrons. The van der Waals surface area contributed by atoms with Gasteiger partial charge in [-0.25, -0.2) is 17.2 Å². The molecule has 168 valence electrons. The molecule has 1 aliphatic rings. The SMILES string of the molecule is COC(=O)C1=C[C@H](C(O)CO)OC1c1cc2ccccc2n1S(=O)(=O)c1ccc(C)cc1. The van der Waals surface area contributed by atoms with Crippen molar-refractivity contribution < 1.29 is 32.9 Å². The summed E-state index contributed by atoms with van der Waals surface area (Å²) >= 11 is 0. The molecule has 32 heavy (non-hydrogen) atoms. The number of hydrogen-bond acceptors (Lipinski definition) is 7. The molecule has 9 heteroatoms. The van der Waals surface area contributed by atoms with Crippen LogP contribution in [0.5, 0.6) is 0 Å². The van der Waals surface area contributed by atoms with E-state index in [0.717, 1.165) is 9.54 Å². The Kier molecular flexibility index (Phi) is 5.91. The van der Waals surface area contributed by atoms with Gasteiger partial charge in [0, 0.05) is 5.39 Å². The van der Waals surface area contributed by atoms with E-state index in [1.54, 1.807) is 42.5 Å². The quantitative estimate of drug-likeness (QED) is 0.545. The van der Waals surface area contributed by atoms with Gasteiger partial charge in [0.2, 0.25) is 0 Å². The predicted octanol–water partition coefficient (Wildman–Crippen LogP) is 2.08. The molecule has 0 aliphatic carbocycles. The number of aromatic nitrogens is 1. The molecule has 0 spiro atoms. The van der Waals surface area contributed by atoms with E-state index >= 15 is 0 Å². The second-order valence-corrected chi connectivity index (χ2v) is 9.34. The van der Waals surface area contributed by atoms with Crippen molar-refractivity contribution in [2.24, 2.45) is 0 Å². The number of fused-ring (bicyclic) bond motifs is 1. The molecular formula is C23H23NO7S. The highest BCUT2D eigenvalue weighted by atomic mass is 32.2. The monoisotopic (exact) mass is 457 g/mol. The van der Waals surface area contributed by atoms with Crippen molar-refractivity contribution in [3.63, 3.8) is 0 Å². The van der Waals surface area contributed by atoms with Gasteiger partial charge in [0.25, 0.3) is 10.0 Å². The molecule has 2 unspecified atom stereocenters. The van der Waals surface area contributed by atoms with E-state index in [1.165, 1.54) is 25.3 Å². The maximum absolute atomic E-state index is 13.7. The molecule has 3 aromatic rings. The normalized spacial score (nSPS) is 19.7. The third kappa shape index (κ3) is 3.73. The van der Waals surface area contributed by atoms with Crippen molar-refractivity contribution in [1.29, 1.82) is 0 Å². The van der Waals surface area contributed by atoms with Gasteiger partial charge in [0.1, 0.15) is 18.3 Å². The topological polar surface area (TPSA) is 115 Å². The van der Waals surface area contributed by atoms with Crippen LogP contribution in [0.25, 0.3) is 10.9 Å². The molecule has 0 saturated heterocycles. The standard InChI is InChI=1S/C23H23NO7S/c1-14-7-9-16(10-8-14)32(28,29)24-18-6-4-3-5-15(18)11-19(24)22-17(23(27)30-2)12-21(31-22)20(26)13-25/h3-12,20-22,25-26H,13H2,1-2H3/t20?,21-,22?/m1/s1. The Morgan fingerprint density at radius 1 is 1.19 bits per heavy atom. The number of benzene rings is 2. The Hall–Kier alpha value is -2.98. The Balaban J connectivity index is 1.93. The molecule has 8 nitrogen and oxygen atoms in total. The number of carbonyl (C=O) groups is 1. The van der Waals surface area contributed by atoms with E-state index < -0.39 is 40.9 Å². The number of carbonyl (C=O) groups excluding carboxylic acids is 1. The fourth-order valence-electron chi connectivity index (χ4n) is 3.78. The number of aliphatic hydroxyl groups excluding tert-OH is 2. The highest BCUT2D eigenvalue weighted by Crippen LogP contribution is 2.39. The molecular weight excluding hydrogens is 434 g/mol. The lowest BCUT2D eigenvalue weighted by molar-refractivity contribution is -0.137. The molecule has 1 aliphatic heterocycles. The first-order valence-electron chi connectivity index (χ1n) is 9.95. The van der Waals surface area contributed by atoms with Crippen LogP contribution in [-0.4, -0.2) is 54.5 Å². The van der Waals surface area contributed by atoms with E-state index in [0.29, 0.717) is 10.9 Å². The first-order chi connectivity index (χ1) is 15.3. The molecule has 3 atom stereocenters. The van der Waals surface area contributed by atoms with E-state index in [9.17, 15) is 23.4 Å². The van der Waals surface area contributed by atoms with Crippen LogP contribution in [0.3, 0.4) is 0 Å². The minimum atomic E-state index is -4.06. The average molecular weight is 458 g/mol. The van der Waals surface area contributed by atoms with Gasteiger partial charge in [0.15, 0.2) is 0 Å². The van der Waals surface area contributed by atoms with Gasteiger partial charge in [-0.1, -0.05) is 35.9 Å². The van der Waals surface area contributed by atoms with Gasteiger partial charge in [-0.05, 0) is 37.3 Å². The molecule has 4 rings (SSSR count). The maximum Gasteiger partial charge on any atom is 0.336 e. The summed E-state index contributed by atoms with van der Waals surface area (Å²) in [5, 5.41) is 20.0. The third-order valence-corrected chi connectivity index (χ3v) is 7.18. The molecule has 0 saturated carbocycles. The zero-order chi connectivity index (χ0) is 23.0. The van der Waals surface area contributed by atoms with E-state index in [4.69, 9.17) is 9.47 Å². The number of para-hydroxylation sites is 1. The molecule has 1 aromatic heterocycles. The van der Waals surface area contributed by atoms with Crippen molar-refractivity contribution in [3.05, 3.63) is 77.5 Å². The summed E-state index contributed by atoms with van der Waals surface area (Å²) in [6.07, 6.45) is -2.06. The third-order valence-electron chi connectivity index (χ3n) is 5.43. The molecule has 0 amide bonds. The van der Waals surface area contributed by atoms with Crippen LogP contribution in [0, 0.1) is 6.92 Å². The molecule has 0 fully saturated rings. The van der Waals surface area contributed by atoms with Gasteiger partial charge in [0.05, 0.1) is 35.4 Å². The van der Waals surface area contributed by atoms with E-state index in [2.05, 4.69) is 0 Å². The highest BCUT2D eigenvalue weighted by Gasteiger charge is 2.40. The highest BCUT2D eigenvalue weighted by molar-refractivity contribution is 7.90. The molecule has 0 bridgehead atoms. The lowest BCUT2D eigenvalue weighted by atomic mass is 10.1. The van der Waals surface area contributed by atoms with Crippen molar-refractivity contribution in [2.45, 2.75) is 30.1 Å². The lowest BCUT2D eigenvalue weighted by Crippen LogP contribution is -2.29. The first-order valence-corrected chi connectivity index (χ1v) is 11.4. The number of methoxy groups -OCH3 is 1. The number of nitrogens with zero attached hydrogens (tertiary/aromatic N) is 1. The summed E-state index contributed by atoms with van der Waals surface area (Å²) in [5.74, 6) is -0.716. The van der Waals surface area contributed by atoms with Crippen LogP contribution in [-0.2, 0) is 24.3 Å². The van der Waals surface area contributed by atoms with Gasteiger partial charge in [-0.3, -0.25) is 0 Å². The summed E-state index contributed by atoms with van der Waals surface area (Å²) in [5.41, 5.74) is 1.57. The Labute approximate surface area is 185 Å².